The minimum absolute atomic E-state index is 0.654. The standard InChI is InChI=1S/C10H12N2O.C9H7N3/c1-3-12-7-11-9-6-8(13-2)4-5-10(9)12;1-12-6-11-8-4-7(5-10)2-3-9(8)12/h4-7H,3H2,1-2H3;2-4,6H,1H3. The molecule has 2 aromatic carbocycles. The summed E-state index contributed by atoms with van der Waals surface area (Å²) in [7, 11) is 3.60. The van der Waals surface area contributed by atoms with Crippen LogP contribution in [0.3, 0.4) is 0 Å². The van der Waals surface area contributed by atoms with Gasteiger partial charge in [0, 0.05) is 19.7 Å². The van der Waals surface area contributed by atoms with Gasteiger partial charge in [0.2, 0.25) is 0 Å². The van der Waals surface area contributed by atoms with Crippen molar-refractivity contribution in [3.8, 4) is 11.8 Å². The van der Waals surface area contributed by atoms with Gasteiger partial charge in [0.1, 0.15) is 5.75 Å². The summed E-state index contributed by atoms with van der Waals surface area (Å²) in [5.74, 6) is 0.855. The van der Waals surface area contributed by atoms with Crippen molar-refractivity contribution in [1.29, 1.82) is 5.26 Å². The van der Waals surface area contributed by atoms with Gasteiger partial charge >= 0.3 is 0 Å². The van der Waals surface area contributed by atoms with E-state index in [-0.39, 0.29) is 0 Å². The number of ether oxygens (including phenoxy) is 1. The Morgan fingerprint density at radius 3 is 2.48 bits per heavy atom. The molecule has 0 N–H and O–H groups in total. The number of methoxy groups -OCH3 is 1. The molecule has 2 heterocycles. The zero-order valence-corrected chi connectivity index (χ0v) is 14.5. The molecule has 126 valence electrons. The van der Waals surface area contributed by atoms with Crippen LogP contribution in [0.2, 0.25) is 0 Å². The lowest BCUT2D eigenvalue weighted by molar-refractivity contribution is 0.415. The van der Waals surface area contributed by atoms with Crippen molar-refractivity contribution < 1.29 is 4.74 Å². The van der Waals surface area contributed by atoms with Gasteiger partial charge < -0.3 is 13.9 Å². The van der Waals surface area contributed by atoms with Crippen LogP contribution in [0.5, 0.6) is 5.75 Å². The van der Waals surface area contributed by atoms with Crippen molar-refractivity contribution in [3.05, 3.63) is 54.6 Å². The third kappa shape index (κ3) is 3.31. The average molecular weight is 333 g/mol. The fourth-order valence-electron chi connectivity index (χ4n) is 2.63. The van der Waals surface area contributed by atoms with Gasteiger partial charge in [-0.05, 0) is 37.3 Å². The minimum atomic E-state index is 0.654. The second-order valence-corrected chi connectivity index (χ2v) is 5.56. The summed E-state index contributed by atoms with van der Waals surface area (Å²) < 4.78 is 9.15. The number of rotatable bonds is 2. The third-order valence-corrected chi connectivity index (χ3v) is 4.02. The van der Waals surface area contributed by atoms with Gasteiger partial charge in [-0.3, -0.25) is 0 Å². The van der Waals surface area contributed by atoms with Crippen molar-refractivity contribution in [3.63, 3.8) is 0 Å². The Morgan fingerprint density at radius 2 is 1.76 bits per heavy atom. The molecule has 0 saturated heterocycles. The number of hydrogen-bond acceptors (Lipinski definition) is 4. The summed E-state index contributed by atoms with van der Waals surface area (Å²) in [4.78, 5) is 8.42. The molecule has 4 aromatic rings. The largest absolute Gasteiger partial charge is 0.497 e. The number of nitriles is 1. The quantitative estimate of drug-likeness (QED) is 0.563. The smallest absolute Gasteiger partial charge is 0.121 e. The summed E-state index contributed by atoms with van der Waals surface area (Å²) in [6, 6.07) is 13.5. The van der Waals surface area contributed by atoms with E-state index in [2.05, 4.69) is 27.5 Å². The molecule has 0 spiro atoms. The Balaban J connectivity index is 0.000000146. The van der Waals surface area contributed by atoms with Crippen LogP contribution in [0, 0.1) is 11.3 Å². The van der Waals surface area contributed by atoms with Crippen LogP contribution in [0.1, 0.15) is 12.5 Å². The van der Waals surface area contributed by atoms with Crippen LogP contribution in [0.15, 0.2) is 49.1 Å². The van der Waals surface area contributed by atoms with E-state index >= 15 is 0 Å². The third-order valence-electron chi connectivity index (χ3n) is 4.02. The molecule has 0 atom stereocenters. The Bertz CT molecular complexity index is 1050. The predicted octanol–water partition coefficient (Wildman–Crippen LogP) is 3.51. The SMILES string of the molecule is CCn1cnc2cc(OC)ccc21.Cn1cnc2cc(C#N)ccc21. The first-order valence-electron chi connectivity index (χ1n) is 7.96. The van der Waals surface area contributed by atoms with Gasteiger partial charge in [0.05, 0.1) is 53.5 Å². The number of hydrogen-bond donors (Lipinski definition) is 0. The number of fused-ring (bicyclic) bond motifs is 2. The first kappa shape index (κ1) is 16.5. The average Bonchev–Trinajstić information content (AvgIpc) is 3.24. The van der Waals surface area contributed by atoms with E-state index < -0.39 is 0 Å². The monoisotopic (exact) mass is 333 g/mol. The summed E-state index contributed by atoms with van der Waals surface area (Å²) in [5.41, 5.74) is 4.72. The fourth-order valence-corrected chi connectivity index (χ4v) is 2.63. The molecule has 25 heavy (non-hydrogen) atoms. The molecule has 6 nitrogen and oxygen atoms in total. The lowest BCUT2D eigenvalue weighted by atomic mass is 10.2. The first-order valence-corrected chi connectivity index (χ1v) is 7.96. The molecule has 2 aromatic heterocycles. The van der Waals surface area contributed by atoms with Crippen molar-refractivity contribution in [2.45, 2.75) is 13.5 Å². The Labute approximate surface area is 145 Å². The molecule has 0 amide bonds. The van der Waals surface area contributed by atoms with E-state index in [0.717, 1.165) is 34.4 Å². The topological polar surface area (TPSA) is 68.7 Å². The summed E-state index contributed by atoms with van der Waals surface area (Å²) in [6.45, 7) is 3.05. The van der Waals surface area contributed by atoms with Gasteiger partial charge in [-0.1, -0.05) is 0 Å². The van der Waals surface area contributed by atoms with E-state index in [1.807, 2.05) is 42.2 Å². The summed E-state index contributed by atoms with van der Waals surface area (Å²) in [6.07, 6.45) is 3.59. The highest BCUT2D eigenvalue weighted by molar-refractivity contribution is 5.77. The van der Waals surface area contributed by atoms with Crippen LogP contribution in [-0.2, 0) is 13.6 Å². The van der Waals surface area contributed by atoms with Crippen molar-refractivity contribution in [1.82, 2.24) is 19.1 Å². The number of aryl methyl sites for hydroxylation is 2. The molecule has 0 bridgehead atoms. The van der Waals surface area contributed by atoms with Gasteiger partial charge in [0.25, 0.3) is 0 Å². The molecule has 0 aliphatic rings. The van der Waals surface area contributed by atoms with E-state index in [1.54, 1.807) is 25.6 Å². The molecule has 0 radical (unpaired) electrons. The number of imidazole rings is 2. The highest BCUT2D eigenvalue weighted by Gasteiger charge is 2.01. The van der Waals surface area contributed by atoms with E-state index in [0.29, 0.717) is 5.56 Å². The second kappa shape index (κ2) is 7.05. The fraction of sp³-hybridized carbons (Fsp3) is 0.211. The maximum absolute atomic E-state index is 8.62. The Morgan fingerprint density at radius 1 is 1.04 bits per heavy atom. The summed E-state index contributed by atoms with van der Waals surface area (Å²) in [5, 5.41) is 8.62. The number of benzene rings is 2. The highest BCUT2D eigenvalue weighted by Crippen LogP contribution is 2.19. The maximum atomic E-state index is 8.62. The van der Waals surface area contributed by atoms with Crippen LogP contribution in [0.4, 0.5) is 0 Å². The van der Waals surface area contributed by atoms with Crippen LogP contribution < -0.4 is 4.74 Å². The van der Waals surface area contributed by atoms with Crippen LogP contribution in [0.25, 0.3) is 22.1 Å². The molecule has 0 aliphatic carbocycles. The first-order chi connectivity index (χ1) is 12.2. The van der Waals surface area contributed by atoms with E-state index in [1.165, 1.54) is 0 Å². The van der Waals surface area contributed by atoms with Crippen molar-refractivity contribution >= 4 is 22.1 Å². The van der Waals surface area contributed by atoms with Gasteiger partial charge in [0.15, 0.2) is 0 Å². The second-order valence-electron chi connectivity index (χ2n) is 5.56. The molecule has 0 saturated carbocycles. The Hall–Kier alpha value is -3.33. The molecule has 6 heteroatoms. The highest BCUT2D eigenvalue weighted by atomic mass is 16.5. The minimum Gasteiger partial charge on any atom is -0.497 e. The molecular formula is C19H19N5O. The maximum Gasteiger partial charge on any atom is 0.121 e. The zero-order valence-electron chi connectivity index (χ0n) is 14.5. The van der Waals surface area contributed by atoms with Gasteiger partial charge in [-0.15, -0.1) is 0 Å². The van der Waals surface area contributed by atoms with Gasteiger partial charge in [-0.2, -0.15) is 5.26 Å². The van der Waals surface area contributed by atoms with Gasteiger partial charge in [-0.25, -0.2) is 9.97 Å². The number of aromatic nitrogens is 4. The predicted molar refractivity (Wildman–Crippen MR) is 97.4 cm³/mol. The molecule has 0 fully saturated rings. The van der Waals surface area contributed by atoms with Crippen LogP contribution in [-0.4, -0.2) is 26.2 Å². The normalized spacial score (nSPS) is 10.3. The zero-order chi connectivity index (χ0) is 17.8. The number of nitrogens with zero attached hydrogens (tertiary/aromatic N) is 5. The summed E-state index contributed by atoms with van der Waals surface area (Å²) >= 11 is 0. The molecule has 0 aliphatic heterocycles. The van der Waals surface area contributed by atoms with Crippen molar-refractivity contribution in [2.75, 3.05) is 7.11 Å². The van der Waals surface area contributed by atoms with E-state index in [4.69, 9.17) is 10.00 Å². The lowest BCUT2D eigenvalue weighted by Crippen LogP contribution is -1.90. The Kier molecular flexibility index (Phi) is 4.66. The molecule has 0 unspecified atom stereocenters. The van der Waals surface area contributed by atoms with Crippen LogP contribution >= 0.6 is 0 Å². The van der Waals surface area contributed by atoms with E-state index in [9.17, 15) is 0 Å². The van der Waals surface area contributed by atoms with Crippen molar-refractivity contribution in [2.24, 2.45) is 7.05 Å². The molecular weight excluding hydrogens is 314 g/mol. The molecule has 4 rings (SSSR count). The lowest BCUT2D eigenvalue weighted by Gasteiger charge is -2.00.